The lowest BCUT2D eigenvalue weighted by molar-refractivity contribution is 2.31. The molecule has 0 saturated carbocycles. The minimum absolute atomic E-state index is 1.87. The van der Waals surface area contributed by atoms with E-state index in [1.54, 1.807) is 0 Å². The van der Waals surface area contributed by atoms with E-state index in [0.29, 0.717) is 0 Å². The first kappa shape index (κ1) is 11.8. The van der Waals surface area contributed by atoms with Gasteiger partial charge in [0.25, 0.3) is 0 Å². The molecule has 0 amide bonds. The van der Waals surface area contributed by atoms with Crippen LogP contribution >= 0.6 is 0 Å². The topological polar surface area (TPSA) is 0 Å². The van der Waals surface area contributed by atoms with Gasteiger partial charge in [0.1, 0.15) is 0 Å². The highest BCUT2D eigenvalue weighted by atomic mass is 13.6. The molecule has 64 valence electrons. The summed E-state index contributed by atoms with van der Waals surface area (Å²) < 4.78 is 0. The fraction of sp³-hybridized carbons (Fsp3) is 0. The molecule has 15 heavy (non-hydrogen) atoms. The van der Waals surface area contributed by atoms with E-state index in [-0.39, 0.29) is 0 Å². The molecule has 0 aliphatic rings. The van der Waals surface area contributed by atoms with Gasteiger partial charge >= 0.3 is 0 Å². The monoisotopic (exact) mass is 182 g/mol. The lowest BCUT2D eigenvalue weighted by Gasteiger charge is -1.65. The Morgan fingerprint density at radius 3 is 1.20 bits per heavy atom. The molecule has 0 heteroatoms. The molecule has 0 rings (SSSR count). The number of hydrogen-bond acceptors (Lipinski definition) is 0. The molecule has 0 aliphatic carbocycles. The van der Waals surface area contributed by atoms with Crippen molar-refractivity contribution in [2.24, 2.45) is 0 Å². The minimum atomic E-state index is 1.87. The SMILES string of the molecule is [C-]#CC#CC#CC#CC#CC#CC#C[CH2-]. The smallest absolute Gasteiger partial charge is 0.00000181 e. The van der Waals surface area contributed by atoms with E-state index in [1.807, 2.05) is 5.92 Å². The maximum atomic E-state index is 6.45. The Bertz CT molecular complexity index is 614. The van der Waals surface area contributed by atoms with Crippen molar-refractivity contribution in [3.05, 3.63) is 13.3 Å². The highest BCUT2D eigenvalue weighted by molar-refractivity contribution is 5.44. The van der Waals surface area contributed by atoms with Crippen molar-refractivity contribution >= 4 is 0 Å². The van der Waals surface area contributed by atoms with Crippen molar-refractivity contribution in [3.8, 4) is 77.0 Å². The van der Waals surface area contributed by atoms with E-state index >= 15 is 0 Å². The Morgan fingerprint density at radius 2 is 0.867 bits per heavy atom. The molecule has 0 heterocycles. The summed E-state index contributed by atoms with van der Waals surface area (Å²) in [4.78, 5) is 0. The summed E-state index contributed by atoms with van der Waals surface area (Å²) in [5.74, 6) is 30.8. The quantitative estimate of drug-likeness (QED) is 0.376. The first-order valence-electron chi connectivity index (χ1n) is 3.60. The molecule has 0 spiro atoms. The van der Waals surface area contributed by atoms with E-state index in [4.69, 9.17) is 6.42 Å². The van der Waals surface area contributed by atoms with Gasteiger partial charge in [0.2, 0.25) is 0 Å². The summed E-state index contributed by atoms with van der Waals surface area (Å²) in [5.41, 5.74) is 0. The van der Waals surface area contributed by atoms with Gasteiger partial charge in [0.05, 0.1) is 0 Å². The van der Waals surface area contributed by atoms with Gasteiger partial charge in [0.15, 0.2) is 0 Å². The Kier molecular flexibility index (Phi) is 8.48. The van der Waals surface area contributed by atoms with Crippen molar-refractivity contribution in [3.63, 3.8) is 0 Å². The summed E-state index contributed by atoms with van der Waals surface area (Å²) in [6.45, 7) is 3.28. The van der Waals surface area contributed by atoms with Crippen LogP contribution in [0.1, 0.15) is 0 Å². The molecular weight excluding hydrogens is 180 g/mol. The predicted octanol–water partition coefficient (Wildman–Crippen LogP) is 0.431. The molecule has 0 aromatic rings. The van der Waals surface area contributed by atoms with Crippen molar-refractivity contribution in [2.75, 3.05) is 0 Å². The summed E-state index contributed by atoms with van der Waals surface area (Å²) >= 11 is 0. The Labute approximate surface area is 90.8 Å². The largest absolute Gasteiger partial charge is 0.358 e. The summed E-state index contributed by atoms with van der Waals surface area (Å²) in [7, 11) is 0. The molecule has 0 aliphatic heterocycles. The summed E-state index contributed by atoms with van der Waals surface area (Å²) in [6, 6.07) is 0. The van der Waals surface area contributed by atoms with Crippen molar-refractivity contribution in [1.82, 2.24) is 0 Å². The van der Waals surface area contributed by atoms with Crippen LogP contribution in [0.15, 0.2) is 0 Å². The molecular formula is C15H2-2. The van der Waals surface area contributed by atoms with Gasteiger partial charge in [-0.3, -0.25) is 11.8 Å². The zero-order chi connectivity index (χ0) is 11.2. The third-order valence-electron chi connectivity index (χ3n) is 0.776. The molecule has 0 atom stereocenters. The second-order valence-corrected chi connectivity index (χ2v) is 1.68. The van der Waals surface area contributed by atoms with Gasteiger partial charge < -0.3 is 6.42 Å². The summed E-state index contributed by atoms with van der Waals surface area (Å²) in [6.07, 6.45) is 6.45. The normalized spacial score (nSPS) is 3.67. The maximum absolute atomic E-state index is 6.45. The molecule has 0 N–H and O–H groups in total. The van der Waals surface area contributed by atoms with Crippen LogP contribution in [0, 0.1) is 90.3 Å². The average Bonchev–Trinajstić information content (AvgIpc) is 2.26. The molecule has 0 aromatic heterocycles. The van der Waals surface area contributed by atoms with Crippen LogP contribution in [0.3, 0.4) is 0 Å². The third kappa shape index (κ3) is 10.8. The van der Waals surface area contributed by atoms with E-state index in [0.717, 1.165) is 0 Å². The fourth-order valence-electron chi connectivity index (χ4n) is 0.357. The molecule has 0 saturated heterocycles. The van der Waals surface area contributed by atoms with Gasteiger partial charge in [-0.05, 0) is 41.4 Å². The lowest BCUT2D eigenvalue weighted by atomic mass is 10.5. The van der Waals surface area contributed by atoms with Gasteiger partial charge in [-0.25, -0.2) is 11.8 Å². The van der Waals surface area contributed by atoms with Crippen molar-refractivity contribution in [2.45, 2.75) is 0 Å². The maximum Gasteiger partial charge on any atom is -0.00000181 e. The van der Waals surface area contributed by atoms with Crippen LogP contribution < -0.4 is 0 Å². The molecule has 0 unspecified atom stereocenters. The molecule has 0 bridgehead atoms. The average molecular weight is 182 g/mol. The second kappa shape index (κ2) is 10.8. The van der Waals surface area contributed by atoms with Gasteiger partial charge in [0, 0.05) is 0 Å². The van der Waals surface area contributed by atoms with Crippen LogP contribution in [0.5, 0.6) is 0 Å². The van der Waals surface area contributed by atoms with Gasteiger partial charge in [-0.15, -0.1) is 11.8 Å². The Hall–Kier alpha value is -3.21. The van der Waals surface area contributed by atoms with Gasteiger partial charge in [-0.2, -0.15) is 6.92 Å². The number of hydrogen-bond donors (Lipinski definition) is 0. The van der Waals surface area contributed by atoms with E-state index in [1.165, 1.54) is 0 Å². The first-order chi connectivity index (χ1) is 7.41. The second-order valence-electron chi connectivity index (χ2n) is 1.68. The predicted molar refractivity (Wildman–Crippen MR) is 59.1 cm³/mol. The van der Waals surface area contributed by atoms with Gasteiger partial charge in [-0.1, -0.05) is 0 Å². The van der Waals surface area contributed by atoms with Crippen LogP contribution in [0.2, 0.25) is 0 Å². The van der Waals surface area contributed by atoms with Crippen molar-refractivity contribution in [1.29, 1.82) is 0 Å². The Morgan fingerprint density at radius 1 is 0.533 bits per heavy atom. The zero-order valence-corrected chi connectivity index (χ0v) is 7.71. The van der Waals surface area contributed by atoms with Crippen LogP contribution in [-0.2, 0) is 0 Å². The Balaban J connectivity index is 4.21. The van der Waals surface area contributed by atoms with E-state index in [2.05, 4.69) is 78.0 Å². The van der Waals surface area contributed by atoms with Crippen LogP contribution in [0.25, 0.3) is 0 Å². The standard InChI is InChI=1S/C15H2/c1-3-5-7-9-11-13-15-14-12-10-8-6-4-2/h1H2/q-2. The van der Waals surface area contributed by atoms with Crippen LogP contribution in [-0.4, -0.2) is 0 Å². The molecule has 0 aromatic carbocycles. The third-order valence-corrected chi connectivity index (χ3v) is 0.776. The highest BCUT2D eigenvalue weighted by Gasteiger charge is 1.53. The molecule has 0 radical (unpaired) electrons. The van der Waals surface area contributed by atoms with Crippen LogP contribution in [0.4, 0.5) is 0 Å². The lowest BCUT2D eigenvalue weighted by Crippen LogP contribution is -1.55. The zero-order valence-electron chi connectivity index (χ0n) is 7.71. The van der Waals surface area contributed by atoms with E-state index in [9.17, 15) is 0 Å². The fourth-order valence-corrected chi connectivity index (χ4v) is 0.357. The highest BCUT2D eigenvalue weighted by Crippen LogP contribution is 1.56. The number of rotatable bonds is 0. The molecule has 0 fully saturated rings. The van der Waals surface area contributed by atoms with Crippen molar-refractivity contribution < 1.29 is 0 Å². The summed E-state index contributed by atoms with van der Waals surface area (Å²) in [5, 5.41) is 0. The first-order valence-corrected chi connectivity index (χ1v) is 3.60. The van der Waals surface area contributed by atoms with E-state index < -0.39 is 0 Å². The minimum Gasteiger partial charge on any atom is -0.358 e. The molecule has 0 nitrogen and oxygen atoms in total.